The number of ether oxygens (including phenoxy) is 1. The summed E-state index contributed by atoms with van der Waals surface area (Å²) in [7, 11) is 1.63. The summed E-state index contributed by atoms with van der Waals surface area (Å²) >= 11 is 0. The Morgan fingerprint density at radius 1 is 1.05 bits per heavy atom. The average Bonchev–Trinajstić information content (AvgIpc) is 2.55. The van der Waals surface area contributed by atoms with Crippen LogP contribution < -0.4 is 15.4 Å². The molecule has 0 aromatic heterocycles. The van der Waals surface area contributed by atoms with E-state index in [-0.39, 0.29) is 5.91 Å². The van der Waals surface area contributed by atoms with Crippen molar-refractivity contribution in [2.45, 2.75) is 6.54 Å². The second-order valence-electron chi connectivity index (χ2n) is 4.61. The van der Waals surface area contributed by atoms with Crippen LogP contribution in [0, 0.1) is 0 Å². The van der Waals surface area contributed by atoms with E-state index in [1.807, 2.05) is 54.6 Å². The lowest BCUT2D eigenvalue weighted by Crippen LogP contribution is -2.21. The van der Waals surface area contributed by atoms with E-state index in [9.17, 15) is 4.79 Å². The van der Waals surface area contributed by atoms with Crippen LogP contribution >= 0.6 is 0 Å². The first kappa shape index (κ1) is 15.1. The van der Waals surface area contributed by atoms with Gasteiger partial charge in [0.25, 0.3) is 5.91 Å². The van der Waals surface area contributed by atoms with Gasteiger partial charge in [-0.15, -0.1) is 0 Å². The quantitative estimate of drug-likeness (QED) is 0.767. The van der Waals surface area contributed by atoms with Gasteiger partial charge in [0.2, 0.25) is 0 Å². The van der Waals surface area contributed by atoms with Crippen molar-refractivity contribution in [3.8, 4) is 5.75 Å². The number of benzene rings is 2. The molecule has 0 aliphatic heterocycles. The molecule has 0 radical (unpaired) electrons. The van der Waals surface area contributed by atoms with Crippen molar-refractivity contribution < 1.29 is 9.53 Å². The van der Waals surface area contributed by atoms with E-state index in [2.05, 4.69) is 10.6 Å². The van der Waals surface area contributed by atoms with Gasteiger partial charge in [0, 0.05) is 25.7 Å². The number of carbonyl (C=O) groups excluding carboxylic acids is 1. The van der Waals surface area contributed by atoms with Crippen LogP contribution in [0.25, 0.3) is 0 Å². The molecule has 0 saturated heterocycles. The Morgan fingerprint density at radius 2 is 1.76 bits per heavy atom. The summed E-state index contributed by atoms with van der Waals surface area (Å²) in [6.07, 6.45) is 0. The third-order valence-corrected chi connectivity index (χ3v) is 3.06. The molecule has 4 nitrogen and oxygen atoms in total. The molecular weight excluding hydrogens is 264 g/mol. The minimum Gasteiger partial charge on any atom is -0.492 e. The largest absolute Gasteiger partial charge is 0.492 e. The molecule has 0 aliphatic rings. The summed E-state index contributed by atoms with van der Waals surface area (Å²) in [5.41, 5.74) is 1.82. The van der Waals surface area contributed by atoms with Gasteiger partial charge in [-0.1, -0.05) is 30.3 Å². The van der Waals surface area contributed by atoms with Gasteiger partial charge in [-0.25, -0.2) is 0 Å². The smallest absolute Gasteiger partial charge is 0.251 e. The van der Waals surface area contributed by atoms with Gasteiger partial charge >= 0.3 is 0 Å². The number of hydrogen-bond donors (Lipinski definition) is 2. The molecule has 2 aromatic rings. The summed E-state index contributed by atoms with van der Waals surface area (Å²) in [4.78, 5) is 11.4. The Hall–Kier alpha value is -2.33. The third-order valence-electron chi connectivity index (χ3n) is 3.06. The van der Waals surface area contributed by atoms with Crippen molar-refractivity contribution in [1.29, 1.82) is 0 Å². The SMILES string of the molecule is CNC(=O)c1ccc(CNCCOc2ccccc2)cc1. The zero-order chi connectivity index (χ0) is 14.9. The van der Waals surface area contributed by atoms with Gasteiger partial charge in [0.15, 0.2) is 0 Å². The molecule has 0 heterocycles. The second-order valence-corrected chi connectivity index (χ2v) is 4.61. The molecule has 0 saturated carbocycles. The Kier molecular flexibility index (Phi) is 5.79. The minimum absolute atomic E-state index is 0.0641. The third kappa shape index (κ3) is 4.93. The van der Waals surface area contributed by atoms with Gasteiger partial charge in [-0.3, -0.25) is 4.79 Å². The highest BCUT2D eigenvalue weighted by Gasteiger charge is 2.01. The lowest BCUT2D eigenvalue weighted by atomic mass is 10.1. The number of carbonyl (C=O) groups is 1. The maximum atomic E-state index is 11.4. The van der Waals surface area contributed by atoms with Crippen LogP contribution in [-0.4, -0.2) is 26.1 Å². The Balaban J connectivity index is 1.68. The minimum atomic E-state index is -0.0641. The number of amides is 1. The van der Waals surface area contributed by atoms with Crippen molar-refractivity contribution in [2.24, 2.45) is 0 Å². The predicted molar refractivity (Wildman–Crippen MR) is 83.5 cm³/mol. The predicted octanol–water partition coefficient (Wildman–Crippen LogP) is 2.21. The van der Waals surface area contributed by atoms with E-state index in [4.69, 9.17) is 4.74 Å². The van der Waals surface area contributed by atoms with Crippen molar-refractivity contribution in [2.75, 3.05) is 20.2 Å². The summed E-state index contributed by atoms with van der Waals surface area (Å²) in [5.74, 6) is 0.819. The topological polar surface area (TPSA) is 50.4 Å². The number of nitrogens with one attached hydrogen (secondary N) is 2. The first-order chi connectivity index (χ1) is 10.3. The molecule has 110 valence electrons. The fourth-order valence-electron chi connectivity index (χ4n) is 1.91. The fourth-order valence-corrected chi connectivity index (χ4v) is 1.91. The molecule has 0 aliphatic carbocycles. The molecule has 1 amide bonds. The van der Waals surface area contributed by atoms with Crippen molar-refractivity contribution in [3.05, 3.63) is 65.7 Å². The molecule has 2 aromatic carbocycles. The molecular formula is C17H20N2O2. The maximum absolute atomic E-state index is 11.4. The van der Waals surface area contributed by atoms with Crippen molar-refractivity contribution >= 4 is 5.91 Å². The zero-order valence-corrected chi connectivity index (χ0v) is 12.1. The Bertz CT molecular complexity index is 553. The summed E-state index contributed by atoms with van der Waals surface area (Å²) in [6.45, 7) is 2.15. The lowest BCUT2D eigenvalue weighted by Gasteiger charge is -2.08. The van der Waals surface area contributed by atoms with Gasteiger partial charge in [-0.05, 0) is 29.8 Å². The molecule has 2 rings (SSSR count). The van der Waals surface area contributed by atoms with Gasteiger partial charge in [-0.2, -0.15) is 0 Å². The highest BCUT2D eigenvalue weighted by molar-refractivity contribution is 5.93. The molecule has 0 atom stereocenters. The fraction of sp³-hybridized carbons (Fsp3) is 0.235. The second kappa shape index (κ2) is 8.07. The number of rotatable bonds is 7. The van der Waals surface area contributed by atoms with Crippen LogP contribution in [0.4, 0.5) is 0 Å². The summed E-state index contributed by atoms with van der Waals surface area (Å²) < 4.78 is 5.59. The van der Waals surface area contributed by atoms with E-state index in [1.54, 1.807) is 7.05 Å². The highest BCUT2D eigenvalue weighted by atomic mass is 16.5. The first-order valence-corrected chi connectivity index (χ1v) is 6.99. The molecule has 2 N–H and O–H groups in total. The van der Waals surface area contributed by atoms with Crippen LogP contribution in [0.5, 0.6) is 5.75 Å². The first-order valence-electron chi connectivity index (χ1n) is 6.99. The Labute approximate surface area is 125 Å². The molecule has 0 fully saturated rings. The highest BCUT2D eigenvalue weighted by Crippen LogP contribution is 2.07. The van der Waals surface area contributed by atoms with E-state index < -0.39 is 0 Å². The zero-order valence-electron chi connectivity index (χ0n) is 12.1. The van der Waals surface area contributed by atoms with Crippen LogP contribution in [0.15, 0.2) is 54.6 Å². The molecule has 21 heavy (non-hydrogen) atoms. The van der Waals surface area contributed by atoms with E-state index >= 15 is 0 Å². The van der Waals surface area contributed by atoms with Gasteiger partial charge in [0.05, 0.1) is 0 Å². The lowest BCUT2D eigenvalue weighted by molar-refractivity contribution is 0.0963. The molecule has 0 spiro atoms. The Morgan fingerprint density at radius 3 is 2.43 bits per heavy atom. The number of hydrogen-bond acceptors (Lipinski definition) is 3. The van der Waals surface area contributed by atoms with Gasteiger partial charge < -0.3 is 15.4 Å². The monoisotopic (exact) mass is 284 g/mol. The molecule has 0 bridgehead atoms. The summed E-state index contributed by atoms with van der Waals surface area (Å²) in [6, 6.07) is 17.3. The molecule has 4 heteroatoms. The standard InChI is InChI=1S/C17H20N2O2/c1-18-17(20)15-9-7-14(8-10-15)13-19-11-12-21-16-5-3-2-4-6-16/h2-10,19H,11-13H2,1H3,(H,18,20). The summed E-state index contributed by atoms with van der Waals surface area (Å²) in [5, 5.41) is 5.91. The molecule has 0 unspecified atom stereocenters. The number of para-hydroxylation sites is 1. The normalized spacial score (nSPS) is 10.1. The average molecular weight is 284 g/mol. The van der Waals surface area contributed by atoms with E-state index in [0.29, 0.717) is 12.2 Å². The van der Waals surface area contributed by atoms with Crippen molar-refractivity contribution in [3.63, 3.8) is 0 Å². The van der Waals surface area contributed by atoms with Gasteiger partial charge in [0.1, 0.15) is 12.4 Å². The van der Waals surface area contributed by atoms with E-state index in [0.717, 1.165) is 24.4 Å². The maximum Gasteiger partial charge on any atom is 0.251 e. The van der Waals surface area contributed by atoms with Crippen LogP contribution in [0.1, 0.15) is 15.9 Å². The van der Waals surface area contributed by atoms with E-state index in [1.165, 1.54) is 0 Å². The van der Waals surface area contributed by atoms with Crippen molar-refractivity contribution in [1.82, 2.24) is 10.6 Å². The van der Waals surface area contributed by atoms with Crippen LogP contribution in [0.2, 0.25) is 0 Å². The van der Waals surface area contributed by atoms with Crippen LogP contribution in [0.3, 0.4) is 0 Å². The van der Waals surface area contributed by atoms with Crippen LogP contribution in [-0.2, 0) is 6.54 Å².